The largest absolute Gasteiger partial charge is 0.480 e. The zero-order chi connectivity index (χ0) is 15.4. The Kier molecular flexibility index (Phi) is 10.9. The molecule has 20 heavy (non-hydrogen) atoms. The molecule has 0 spiro atoms. The molecule has 0 heterocycles. The molecule has 2 atom stereocenters. The first-order valence-electron chi connectivity index (χ1n) is 6.87. The number of rotatable bonds is 12. The number of carboxylic acids is 1. The number of nitrogens with one attached hydrogen (secondary N) is 1. The number of hydrogen-bond donors (Lipinski definition) is 5. The Morgan fingerprint density at radius 1 is 1.05 bits per heavy atom. The molecule has 0 aromatic heterocycles. The zero-order valence-corrected chi connectivity index (χ0v) is 11.7. The maximum Gasteiger partial charge on any atom is 0.341 e. The minimum atomic E-state index is -1.08. The van der Waals surface area contributed by atoms with Crippen LogP contribution >= 0.6 is 0 Å². The summed E-state index contributed by atoms with van der Waals surface area (Å²) in [6.07, 6.45) is 3.67. The lowest BCUT2D eigenvalue weighted by Gasteiger charge is -2.16. The quantitative estimate of drug-likeness (QED) is 0.228. The van der Waals surface area contributed by atoms with Crippen LogP contribution in [0.5, 0.6) is 0 Å². The van der Waals surface area contributed by atoms with E-state index in [2.05, 4.69) is 5.48 Å². The minimum Gasteiger partial charge on any atom is -0.480 e. The molecule has 0 aromatic carbocycles. The number of carboxylic acid groups (broad SMARTS) is 1. The molecule has 0 unspecified atom stereocenters. The molecule has 8 N–H and O–H groups in total. The van der Waals surface area contributed by atoms with Crippen molar-refractivity contribution in [1.82, 2.24) is 5.48 Å². The van der Waals surface area contributed by atoms with Crippen molar-refractivity contribution in [3.63, 3.8) is 0 Å². The molecular formula is C12H26N4O4. The van der Waals surface area contributed by atoms with E-state index in [1.165, 1.54) is 0 Å². The predicted molar refractivity (Wildman–Crippen MR) is 74.4 cm³/mol. The van der Waals surface area contributed by atoms with Crippen molar-refractivity contribution >= 4 is 11.9 Å². The summed E-state index contributed by atoms with van der Waals surface area (Å²) in [5.74, 6) is -1.74. The van der Waals surface area contributed by atoms with Gasteiger partial charge in [0.25, 0.3) is 0 Å². The van der Waals surface area contributed by atoms with E-state index in [1.807, 2.05) is 0 Å². The van der Waals surface area contributed by atoms with E-state index in [0.717, 1.165) is 19.3 Å². The summed E-state index contributed by atoms with van der Waals surface area (Å²) >= 11 is 0. The maximum atomic E-state index is 11.5. The second-order valence-corrected chi connectivity index (χ2v) is 4.61. The third kappa shape index (κ3) is 8.81. The molecule has 0 aliphatic carbocycles. The van der Waals surface area contributed by atoms with Crippen molar-refractivity contribution in [2.45, 2.75) is 50.6 Å². The number of aliphatic carboxylic acids is 1. The van der Waals surface area contributed by atoms with Crippen molar-refractivity contribution in [3.8, 4) is 0 Å². The number of carbonyl (C=O) groups is 2. The van der Waals surface area contributed by atoms with Crippen LogP contribution in [0.15, 0.2) is 0 Å². The van der Waals surface area contributed by atoms with E-state index < -0.39 is 24.0 Å². The maximum absolute atomic E-state index is 11.5. The third-order valence-corrected chi connectivity index (χ3v) is 2.82. The molecule has 0 radical (unpaired) electrons. The smallest absolute Gasteiger partial charge is 0.341 e. The van der Waals surface area contributed by atoms with Crippen LogP contribution in [-0.2, 0) is 14.4 Å². The number of hydroxylamine groups is 1. The highest BCUT2D eigenvalue weighted by Crippen LogP contribution is 2.03. The number of hydrogen-bond acceptors (Lipinski definition) is 7. The molecule has 0 amide bonds. The van der Waals surface area contributed by atoms with E-state index in [-0.39, 0.29) is 0 Å². The Labute approximate surface area is 119 Å². The van der Waals surface area contributed by atoms with Gasteiger partial charge in [0.05, 0.1) is 0 Å². The number of nitrogens with two attached hydrogens (primary N) is 3. The molecule has 0 saturated carbocycles. The lowest BCUT2D eigenvalue weighted by molar-refractivity contribution is -0.159. The van der Waals surface area contributed by atoms with Crippen molar-refractivity contribution in [2.24, 2.45) is 17.2 Å². The van der Waals surface area contributed by atoms with Crippen molar-refractivity contribution in [3.05, 3.63) is 0 Å². The minimum absolute atomic E-state index is 0.336. The van der Waals surface area contributed by atoms with E-state index in [4.69, 9.17) is 27.1 Å². The molecule has 8 nitrogen and oxygen atoms in total. The zero-order valence-electron chi connectivity index (χ0n) is 11.7. The summed E-state index contributed by atoms with van der Waals surface area (Å²) < 4.78 is 0. The first-order valence-corrected chi connectivity index (χ1v) is 6.87. The van der Waals surface area contributed by atoms with Crippen molar-refractivity contribution in [2.75, 3.05) is 13.1 Å². The molecular weight excluding hydrogens is 264 g/mol. The second kappa shape index (κ2) is 11.6. The van der Waals surface area contributed by atoms with E-state index in [9.17, 15) is 9.59 Å². The summed E-state index contributed by atoms with van der Waals surface area (Å²) in [6.45, 7) is 1.04. The van der Waals surface area contributed by atoms with Gasteiger partial charge in [-0.2, -0.15) is 0 Å². The van der Waals surface area contributed by atoms with E-state index in [0.29, 0.717) is 32.4 Å². The number of carbonyl (C=O) groups excluding carboxylic acids is 1. The molecule has 8 heteroatoms. The van der Waals surface area contributed by atoms with Crippen LogP contribution in [0.2, 0.25) is 0 Å². The fourth-order valence-electron chi connectivity index (χ4n) is 1.56. The molecule has 0 fully saturated rings. The average molecular weight is 290 g/mol. The fraction of sp³-hybridized carbons (Fsp3) is 0.833. The van der Waals surface area contributed by atoms with Crippen LogP contribution < -0.4 is 22.7 Å². The Morgan fingerprint density at radius 3 is 2.10 bits per heavy atom. The SMILES string of the molecule is NCCCC[C@H](NOC(=O)[C@@H](N)CCCCN)C(=O)O. The van der Waals surface area contributed by atoms with Crippen LogP contribution in [0.1, 0.15) is 38.5 Å². The molecule has 0 aromatic rings. The molecule has 0 saturated heterocycles. The Hall–Kier alpha value is -1.22. The Morgan fingerprint density at radius 2 is 1.60 bits per heavy atom. The molecule has 0 aliphatic heterocycles. The highest BCUT2D eigenvalue weighted by molar-refractivity contribution is 5.76. The average Bonchev–Trinajstić information content (AvgIpc) is 2.42. The first kappa shape index (κ1) is 18.8. The van der Waals surface area contributed by atoms with Crippen LogP contribution in [0.3, 0.4) is 0 Å². The van der Waals surface area contributed by atoms with Gasteiger partial charge in [0.15, 0.2) is 0 Å². The van der Waals surface area contributed by atoms with Gasteiger partial charge in [-0.05, 0) is 45.2 Å². The first-order chi connectivity index (χ1) is 9.52. The van der Waals surface area contributed by atoms with Gasteiger partial charge in [0, 0.05) is 0 Å². The highest BCUT2D eigenvalue weighted by Gasteiger charge is 2.21. The topological polar surface area (TPSA) is 154 Å². The summed E-state index contributed by atoms with van der Waals surface area (Å²) in [7, 11) is 0. The van der Waals surface area contributed by atoms with Gasteiger partial charge < -0.3 is 27.1 Å². The van der Waals surface area contributed by atoms with Crippen molar-refractivity contribution < 1.29 is 19.5 Å². The second-order valence-electron chi connectivity index (χ2n) is 4.61. The van der Waals surface area contributed by atoms with Crippen LogP contribution in [0.4, 0.5) is 0 Å². The molecule has 0 bridgehead atoms. The molecule has 0 rings (SSSR count). The van der Waals surface area contributed by atoms with Gasteiger partial charge in [-0.15, -0.1) is 5.48 Å². The summed E-state index contributed by atoms with van der Waals surface area (Å²) in [5, 5.41) is 8.97. The summed E-state index contributed by atoms with van der Waals surface area (Å²) in [4.78, 5) is 27.2. The summed E-state index contributed by atoms with van der Waals surface area (Å²) in [6, 6.07) is -1.71. The van der Waals surface area contributed by atoms with E-state index in [1.54, 1.807) is 0 Å². The Bertz CT molecular complexity index is 289. The Balaban J connectivity index is 4.00. The van der Waals surface area contributed by atoms with Crippen LogP contribution in [0.25, 0.3) is 0 Å². The summed E-state index contributed by atoms with van der Waals surface area (Å²) in [5.41, 5.74) is 18.5. The fourth-order valence-corrected chi connectivity index (χ4v) is 1.56. The normalized spacial score (nSPS) is 13.8. The van der Waals surface area contributed by atoms with Gasteiger partial charge in [-0.1, -0.05) is 6.42 Å². The molecule has 0 aliphatic rings. The highest BCUT2D eigenvalue weighted by atomic mass is 16.7. The lowest BCUT2D eigenvalue weighted by Crippen LogP contribution is -2.42. The predicted octanol–water partition coefficient (Wildman–Crippen LogP) is -0.927. The standard InChI is InChI=1S/C12H26N4O4/c13-7-3-1-5-9(15)12(19)20-16-10(11(17)18)6-2-4-8-14/h9-10,16H,1-8,13-15H2,(H,17,18)/t9-,10-/m0/s1. The third-order valence-electron chi connectivity index (χ3n) is 2.82. The van der Waals surface area contributed by atoms with Gasteiger partial charge in [0.1, 0.15) is 12.1 Å². The van der Waals surface area contributed by atoms with Gasteiger partial charge in [-0.3, -0.25) is 4.79 Å². The van der Waals surface area contributed by atoms with Gasteiger partial charge in [0.2, 0.25) is 0 Å². The van der Waals surface area contributed by atoms with Crippen LogP contribution in [0, 0.1) is 0 Å². The van der Waals surface area contributed by atoms with Gasteiger partial charge in [-0.25, -0.2) is 4.79 Å². The monoisotopic (exact) mass is 290 g/mol. The van der Waals surface area contributed by atoms with Crippen molar-refractivity contribution in [1.29, 1.82) is 0 Å². The van der Waals surface area contributed by atoms with Crippen LogP contribution in [-0.4, -0.2) is 42.2 Å². The molecule has 118 valence electrons. The van der Waals surface area contributed by atoms with E-state index >= 15 is 0 Å². The number of unbranched alkanes of at least 4 members (excludes halogenated alkanes) is 2. The lowest BCUT2D eigenvalue weighted by atomic mass is 10.1. The van der Waals surface area contributed by atoms with Gasteiger partial charge >= 0.3 is 11.9 Å².